The van der Waals surface area contributed by atoms with Gasteiger partial charge in [-0.25, -0.2) is 14.4 Å². The van der Waals surface area contributed by atoms with Crippen LogP contribution in [0, 0.1) is 5.92 Å². The number of carboxylic acid groups (broad SMARTS) is 1. The van der Waals surface area contributed by atoms with Crippen LogP contribution in [0.25, 0.3) is 0 Å². The van der Waals surface area contributed by atoms with Crippen molar-refractivity contribution in [2.75, 3.05) is 0 Å². The van der Waals surface area contributed by atoms with E-state index in [1.807, 2.05) is 6.92 Å². The highest BCUT2D eigenvalue weighted by Crippen LogP contribution is 2.23. The smallest absolute Gasteiger partial charge is 0.326 e. The molecule has 4 atom stereocenters. The molecule has 2 heterocycles. The van der Waals surface area contributed by atoms with Gasteiger partial charge >= 0.3 is 18.0 Å². The summed E-state index contributed by atoms with van der Waals surface area (Å²) < 4.78 is 0. The summed E-state index contributed by atoms with van der Waals surface area (Å²) in [6.07, 6.45) is -0.601. The fraction of sp³-hybridized carbons (Fsp3) is 0.700. The quantitative estimate of drug-likeness (QED) is 0.542. The number of carbonyl (C=O) groups is 3. The second-order valence-electron chi connectivity index (χ2n) is 4.57. The minimum Gasteiger partial charge on any atom is -0.480 e. The van der Waals surface area contributed by atoms with Gasteiger partial charge in [0.05, 0.1) is 0 Å². The largest absolute Gasteiger partial charge is 0.480 e. The van der Waals surface area contributed by atoms with E-state index < -0.39 is 36.4 Å². The standard InChI is InChI=1S/C10H16N4O4/c1-3-4(2)5(8(15)16)14-7-6(12-10(14)18)11-9(17)13-7/h4-7H,3H2,1-2H3,(H,12,18)(H,15,16)(H2,11,13,17)/t4-,5-,6-,7+/m0/s1. The molecule has 2 aliphatic rings. The van der Waals surface area contributed by atoms with Gasteiger partial charge < -0.3 is 21.1 Å². The van der Waals surface area contributed by atoms with Gasteiger partial charge in [-0.2, -0.15) is 0 Å². The molecular weight excluding hydrogens is 240 g/mol. The second kappa shape index (κ2) is 4.35. The van der Waals surface area contributed by atoms with Crippen LogP contribution >= 0.6 is 0 Å². The summed E-state index contributed by atoms with van der Waals surface area (Å²) in [5.74, 6) is -1.27. The number of carbonyl (C=O) groups excluding carboxylic acids is 2. The van der Waals surface area contributed by atoms with E-state index in [9.17, 15) is 19.5 Å². The summed E-state index contributed by atoms with van der Waals surface area (Å²) >= 11 is 0. The summed E-state index contributed by atoms with van der Waals surface area (Å²) in [7, 11) is 0. The highest BCUT2D eigenvalue weighted by atomic mass is 16.4. The van der Waals surface area contributed by atoms with Crippen LogP contribution in [0.5, 0.6) is 0 Å². The first kappa shape index (κ1) is 12.5. The molecule has 0 spiro atoms. The van der Waals surface area contributed by atoms with Crippen LogP contribution in [0.4, 0.5) is 9.59 Å². The van der Waals surface area contributed by atoms with Gasteiger partial charge in [-0.15, -0.1) is 0 Å². The minimum atomic E-state index is -1.07. The molecule has 2 rings (SSSR count). The van der Waals surface area contributed by atoms with E-state index in [0.717, 1.165) is 0 Å². The van der Waals surface area contributed by atoms with Crippen LogP contribution in [0.1, 0.15) is 20.3 Å². The molecule has 8 nitrogen and oxygen atoms in total. The topological polar surface area (TPSA) is 111 Å². The molecule has 100 valence electrons. The zero-order valence-electron chi connectivity index (χ0n) is 10.1. The number of hydrogen-bond donors (Lipinski definition) is 4. The number of nitrogens with one attached hydrogen (secondary N) is 3. The van der Waals surface area contributed by atoms with Crippen molar-refractivity contribution in [3.63, 3.8) is 0 Å². The summed E-state index contributed by atoms with van der Waals surface area (Å²) in [5, 5.41) is 16.9. The summed E-state index contributed by atoms with van der Waals surface area (Å²) in [6, 6.07) is -1.85. The Morgan fingerprint density at radius 2 is 2.06 bits per heavy atom. The molecular formula is C10H16N4O4. The second-order valence-corrected chi connectivity index (χ2v) is 4.57. The van der Waals surface area contributed by atoms with E-state index in [1.165, 1.54) is 4.90 Å². The molecule has 0 aromatic carbocycles. The van der Waals surface area contributed by atoms with Crippen molar-refractivity contribution in [1.29, 1.82) is 0 Å². The van der Waals surface area contributed by atoms with Crippen molar-refractivity contribution < 1.29 is 19.5 Å². The van der Waals surface area contributed by atoms with Gasteiger partial charge in [-0.05, 0) is 5.92 Å². The molecule has 0 aliphatic carbocycles. The zero-order valence-corrected chi connectivity index (χ0v) is 10.1. The average molecular weight is 256 g/mol. The van der Waals surface area contributed by atoms with Gasteiger partial charge in [0.25, 0.3) is 0 Å². The summed E-state index contributed by atoms with van der Waals surface area (Å²) in [5.41, 5.74) is 0. The molecule has 2 fully saturated rings. The lowest BCUT2D eigenvalue weighted by atomic mass is 9.97. The van der Waals surface area contributed by atoms with Gasteiger partial charge in [0.15, 0.2) is 0 Å². The van der Waals surface area contributed by atoms with Crippen LogP contribution in [0.3, 0.4) is 0 Å². The monoisotopic (exact) mass is 256 g/mol. The Balaban J connectivity index is 2.26. The Bertz CT molecular complexity index is 399. The molecule has 0 radical (unpaired) electrons. The van der Waals surface area contributed by atoms with E-state index in [-0.39, 0.29) is 5.92 Å². The van der Waals surface area contributed by atoms with E-state index in [4.69, 9.17) is 0 Å². The van der Waals surface area contributed by atoms with Gasteiger partial charge in [-0.1, -0.05) is 20.3 Å². The van der Waals surface area contributed by atoms with Crippen molar-refractivity contribution in [2.24, 2.45) is 5.92 Å². The third-order valence-electron chi connectivity index (χ3n) is 3.43. The van der Waals surface area contributed by atoms with Gasteiger partial charge in [0.1, 0.15) is 18.4 Å². The van der Waals surface area contributed by atoms with Gasteiger partial charge in [-0.3, -0.25) is 4.90 Å². The van der Waals surface area contributed by atoms with Crippen LogP contribution in [0.2, 0.25) is 0 Å². The van der Waals surface area contributed by atoms with Crippen molar-refractivity contribution in [3.05, 3.63) is 0 Å². The third-order valence-corrected chi connectivity index (χ3v) is 3.43. The van der Waals surface area contributed by atoms with E-state index in [1.54, 1.807) is 6.92 Å². The highest BCUT2D eigenvalue weighted by Gasteiger charge is 2.50. The van der Waals surface area contributed by atoms with Crippen LogP contribution in [0.15, 0.2) is 0 Å². The van der Waals surface area contributed by atoms with Gasteiger partial charge in [0, 0.05) is 0 Å². The Kier molecular flexibility index (Phi) is 3.02. The summed E-state index contributed by atoms with van der Waals surface area (Å²) in [4.78, 5) is 35.6. The van der Waals surface area contributed by atoms with E-state index in [2.05, 4.69) is 16.0 Å². The average Bonchev–Trinajstić information content (AvgIpc) is 2.76. The molecule has 0 bridgehead atoms. The predicted octanol–water partition coefficient (Wildman–Crippen LogP) is -0.524. The van der Waals surface area contributed by atoms with Crippen molar-refractivity contribution in [2.45, 2.75) is 38.6 Å². The van der Waals surface area contributed by atoms with Crippen LogP contribution in [-0.2, 0) is 4.79 Å². The van der Waals surface area contributed by atoms with E-state index >= 15 is 0 Å². The number of urea groups is 2. The molecule has 18 heavy (non-hydrogen) atoms. The Labute approximate surface area is 104 Å². The molecule has 4 amide bonds. The molecule has 2 aliphatic heterocycles. The van der Waals surface area contributed by atoms with Gasteiger partial charge in [0.2, 0.25) is 0 Å². The first-order valence-electron chi connectivity index (χ1n) is 5.84. The van der Waals surface area contributed by atoms with Crippen molar-refractivity contribution >= 4 is 18.0 Å². The Hall–Kier alpha value is -1.99. The molecule has 2 saturated heterocycles. The minimum absolute atomic E-state index is 0.204. The highest BCUT2D eigenvalue weighted by molar-refractivity contribution is 5.88. The number of rotatable bonds is 4. The summed E-state index contributed by atoms with van der Waals surface area (Å²) in [6.45, 7) is 3.63. The number of carboxylic acids is 1. The lowest BCUT2D eigenvalue weighted by Crippen LogP contribution is -2.54. The Morgan fingerprint density at radius 3 is 2.61 bits per heavy atom. The number of hydrogen-bond acceptors (Lipinski definition) is 3. The number of fused-ring (bicyclic) bond motifs is 1. The number of aliphatic carboxylic acids is 1. The molecule has 0 aromatic heterocycles. The predicted molar refractivity (Wildman–Crippen MR) is 60.5 cm³/mol. The SMILES string of the molecule is CC[C@H](C)[C@@H](C(=O)O)N1C(=O)N[C@@H]2NC(=O)N[C@@H]21. The molecule has 4 N–H and O–H groups in total. The fourth-order valence-corrected chi connectivity index (χ4v) is 2.32. The normalized spacial score (nSPS) is 29.1. The first-order valence-corrected chi connectivity index (χ1v) is 5.84. The molecule has 8 heteroatoms. The lowest BCUT2D eigenvalue weighted by Gasteiger charge is -2.31. The Morgan fingerprint density at radius 1 is 1.39 bits per heavy atom. The first-order chi connectivity index (χ1) is 8.45. The third kappa shape index (κ3) is 1.83. The molecule has 0 saturated carbocycles. The molecule has 0 unspecified atom stereocenters. The van der Waals surface area contributed by atoms with Crippen LogP contribution in [-0.4, -0.2) is 46.4 Å². The number of nitrogens with zero attached hydrogens (tertiary/aromatic N) is 1. The maximum Gasteiger partial charge on any atom is 0.326 e. The van der Waals surface area contributed by atoms with Crippen molar-refractivity contribution in [1.82, 2.24) is 20.9 Å². The maximum atomic E-state index is 11.8. The molecule has 0 aromatic rings. The lowest BCUT2D eigenvalue weighted by molar-refractivity contribution is -0.144. The maximum absolute atomic E-state index is 11.8. The number of amides is 4. The van der Waals surface area contributed by atoms with Crippen LogP contribution < -0.4 is 16.0 Å². The fourth-order valence-electron chi connectivity index (χ4n) is 2.32. The zero-order chi connectivity index (χ0) is 13.4. The van der Waals surface area contributed by atoms with E-state index in [0.29, 0.717) is 6.42 Å². The van der Waals surface area contributed by atoms with Crippen molar-refractivity contribution in [3.8, 4) is 0 Å².